The molecule has 0 aliphatic carbocycles. The SMILES string of the molecule is CCOC(=O)c1ccc(NC2=Nc3ccccc3N3C2=Nc2c(c(C)nn2-c2ccccc2)C3c2cccc(Cl)c2)cc1. The van der Waals surface area contributed by atoms with Crippen molar-refractivity contribution in [1.82, 2.24) is 9.78 Å². The van der Waals surface area contributed by atoms with E-state index in [2.05, 4.69) is 22.3 Å². The largest absolute Gasteiger partial charge is 0.462 e. The Morgan fingerprint density at radius 2 is 1.70 bits per heavy atom. The van der Waals surface area contributed by atoms with Gasteiger partial charge in [0, 0.05) is 16.3 Å². The summed E-state index contributed by atoms with van der Waals surface area (Å²) in [5.74, 6) is 1.58. The van der Waals surface area contributed by atoms with Crippen molar-refractivity contribution < 1.29 is 9.53 Å². The van der Waals surface area contributed by atoms with Crippen LogP contribution in [0.2, 0.25) is 5.02 Å². The summed E-state index contributed by atoms with van der Waals surface area (Å²) in [5.41, 5.74) is 6.74. The number of halogens is 1. The van der Waals surface area contributed by atoms with Gasteiger partial charge < -0.3 is 15.0 Å². The number of aliphatic imine (C=N–C) groups is 2. The van der Waals surface area contributed by atoms with Gasteiger partial charge in [0.2, 0.25) is 0 Å². The molecule has 1 unspecified atom stereocenters. The molecule has 0 saturated heterocycles. The van der Waals surface area contributed by atoms with Crippen molar-refractivity contribution in [2.45, 2.75) is 19.9 Å². The highest BCUT2D eigenvalue weighted by atomic mass is 35.5. The number of anilines is 2. The third-order valence-electron chi connectivity index (χ3n) is 7.46. The molecular formula is C34H27ClN6O2. The Morgan fingerprint density at radius 1 is 0.930 bits per heavy atom. The molecular weight excluding hydrogens is 560 g/mol. The summed E-state index contributed by atoms with van der Waals surface area (Å²) in [6, 6.07) is 32.8. The maximum absolute atomic E-state index is 12.2. The lowest BCUT2D eigenvalue weighted by Gasteiger charge is -2.40. The number of aryl methyl sites for hydroxylation is 1. The number of nitrogens with one attached hydrogen (secondary N) is 1. The van der Waals surface area contributed by atoms with Crippen LogP contribution < -0.4 is 10.2 Å². The van der Waals surface area contributed by atoms with Gasteiger partial charge in [-0.05, 0) is 80.1 Å². The molecule has 8 nitrogen and oxygen atoms in total. The second-order valence-corrected chi connectivity index (χ2v) is 10.6. The van der Waals surface area contributed by atoms with E-state index in [0.717, 1.165) is 45.4 Å². The molecule has 2 aliphatic rings. The molecule has 3 heterocycles. The van der Waals surface area contributed by atoms with E-state index in [-0.39, 0.29) is 12.0 Å². The highest BCUT2D eigenvalue weighted by Crippen LogP contribution is 2.48. The number of esters is 1. The van der Waals surface area contributed by atoms with Gasteiger partial charge in [-0.1, -0.05) is 54.1 Å². The van der Waals surface area contributed by atoms with Gasteiger partial charge >= 0.3 is 5.97 Å². The summed E-state index contributed by atoms with van der Waals surface area (Å²) >= 11 is 6.56. The number of carbonyl (C=O) groups excluding carboxylic acids is 1. The zero-order valence-electron chi connectivity index (χ0n) is 23.5. The molecule has 0 bridgehead atoms. The molecule has 0 spiro atoms. The number of para-hydroxylation sites is 3. The molecule has 0 amide bonds. The minimum absolute atomic E-state index is 0.279. The molecule has 0 saturated carbocycles. The third kappa shape index (κ3) is 4.75. The molecule has 212 valence electrons. The van der Waals surface area contributed by atoms with Gasteiger partial charge in [-0.3, -0.25) is 0 Å². The topological polar surface area (TPSA) is 84.1 Å². The Labute approximate surface area is 253 Å². The number of carbonyl (C=O) groups is 1. The molecule has 1 aromatic heterocycles. The Hall–Kier alpha value is -5.21. The lowest BCUT2D eigenvalue weighted by molar-refractivity contribution is 0.0526. The summed E-state index contributed by atoms with van der Waals surface area (Å²) in [6.07, 6.45) is 0. The number of fused-ring (bicyclic) bond motifs is 4. The Kier molecular flexibility index (Phi) is 6.75. The summed E-state index contributed by atoms with van der Waals surface area (Å²) in [6.45, 7) is 4.13. The standard InChI is InChI=1S/C34H27ClN6O2/c1-3-43-34(42)22-16-18-25(19-17-22)36-31-33-38-32-29(21(2)39-41(32)26-12-5-4-6-13-26)30(23-10-9-11-24(35)20-23)40(33)28-15-8-7-14-27(28)37-31/h4-20,30H,3H2,1-2H3,(H,36,37). The Bertz CT molecular complexity index is 1910. The molecule has 1 N–H and O–H groups in total. The number of rotatable bonds is 5. The van der Waals surface area contributed by atoms with Crippen LogP contribution in [-0.4, -0.2) is 34.0 Å². The molecule has 0 fully saturated rings. The van der Waals surface area contributed by atoms with Crippen LogP contribution in [0.25, 0.3) is 5.69 Å². The Morgan fingerprint density at radius 3 is 2.47 bits per heavy atom. The number of ether oxygens (including phenoxy) is 1. The van der Waals surface area contributed by atoms with E-state index < -0.39 is 0 Å². The van der Waals surface area contributed by atoms with Crippen molar-refractivity contribution >= 4 is 52.1 Å². The van der Waals surface area contributed by atoms with Gasteiger partial charge in [0.05, 0.1) is 41.0 Å². The first-order valence-electron chi connectivity index (χ1n) is 14.0. The molecule has 9 heteroatoms. The lowest BCUT2D eigenvalue weighted by atomic mass is 9.93. The average molecular weight is 587 g/mol. The molecule has 5 aromatic rings. The maximum atomic E-state index is 12.2. The van der Waals surface area contributed by atoms with E-state index in [9.17, 15) is 4.79 Å². The number of amidine groups is 2. The minimum atomic E-state index is -0.359. The summed E-state index contributed by atoms with van der Waals surface area (Å²) in [7, 11) is 0. The zero-order chi connectivity index (χ0) is 29.5. The quantitative estimate of drug-likeness (QED) is 0.212. The second kappa shape index (κ2) is 10.9. The van der Waals surface area contributed by atoms with Crippen molar-refractivity contribution in [2.24, 2.45) is 9.98 Å². The lowest BCUT2D eigenvalue weighted by Crippen LogP contribution is -2.46. The van der Waals surface area contributed by atoms with Crippen molar-refractivity contribution in [3.8, 4) is 5.69 Å². The van der Waals surface area contributed by atoms with Crippen LogP contribution >= 0.6 is 11.6 Å². The normalized spacial score (nSPS) is 15.0. The summed E-state index contributed by atoms with van der Waals surface area (Å²) < 4.78 is 7.03. The van der Waals surface area contributed by atoms with Crippen LogP contribution in [-0.2, 0) is 4.74 Å². The molecule has 7 rings (SSSR count). The zero-order valence-corrected chi connectivity index (χ0v) is 24.3. The highest BCUT2D eigenvalue weighted by Gasteiger charge is 2.41. The smallest absolute Gasteiger partial charge is 0.338 e. The van der Waals surface area contributed by atoms with E-state index in [0.29, 0.717) is 28.9 Å². The third-order valence-corrected chi connectivity index (χ3v) is 7.70. The van der Waals surface area contributed by atoms with Gasteiger partial charge in [-0.25, -0.2) is 19.5 Å². The van der Waals surface area contributed by atoms with Crippen LogP contribution in [0.3, 0.4) is 0 Å². The van der Waals surface area contributed by atoms with Crippen LogP contribution in [0.5, 0.6) is 0 Å². The van der Waals surface area contributed by atoms with Crippen LogP contribution in [0.1, 0.15) is 40.1 Å². The Balaban J connectivity index is 1.42. The average Bonchev–Trinajstić information content (AvgIpc) is 3.36. The molecule has 2 aliphatic heterocycles. The minimum Gasteiger partial charge on any atom is -0.462 e. The second-order valence-electron chi connectivity index (χ2n) is 10.2. The van der Waals surface area contributed by atoms with Crippen molar-refractivity contribution in [3.63, 3.8) is 0 Å². The predicted molar refractivity (Wildman–Crippen MR) is 171 cm³/mol. The number of benzene rings is 4. The first-order valence-corrected chi connectivity index (χ1v) is 14.4. The van der Waals surface area contributed by atoms with E-state index >= 15 is 0 Å². The van der Waals surface area contributed by atoms with E-state index in [1.54, 1.807) is 19.1 Å². The van der Waals surface area contributed by atoms with Crippen LogP contribution in [0, 0.1) is 6.92 Å². The van der Waals surface area contributed by atoms with Crippen LogP contribution in [0.4, 0.5) is 22.9 Å². The van der Waals surface area contributed by atoms with Gasteiger partial charge in [0.15, 0.2) is 17.5 Å². The predicted octanol–water partition coefficient (Wildman–Crippen LogP) is 7.81. The van der Waals surface area contributed by atoms with E-state index in [4.69, 9.17) is 31.4 Å². The van der Waals surface area contributed by atoms with Crippen LogP contribution in [0.15, 0.2) is 113 Å². The summed E-state index contributed by atoms with van der Waals surface area (Å²) in [4.78, 5) is 24.7. The molecule has 4 aromatic carbocycles. The first-order chi connectivity index (χ1) is 21.0. The van der Waals surface area contributed by atoms with Gasteiger partial charge in [0.1, 0.15) is 0 Å². The number of nitrogens with zero attached hydrogens (tertiary/aromatic N) is 5. The first kappa shape index (κ1) is 26.7. The van der Waals surface area contributed by atoms with Gasteiger partial charge in [-0.2, -0.15) is 5.10 Å². The molecule has 43 heavy (non-hydrogen) atoms. The van der Waals surface area contributed by atoms with Crippen molar-refractivity contribution in [1.29, 1.82) is 0 Å². The van der Waals surface area contributed by atoms with E-state index in [1.807, 2.05) is 90.5 Å². The van der Waals surface area contributed by atoms with Gasteiger partial charge in [0.25, 0.3) is 0 Å². The molecule has 0 radical (unpaired) electrons. The molecule has 1 atom stereocenters. The fourth-order valence-corrected chi connectivity index (χ4v) is 5.78. The van der Waals surface area contributed by atoms with Crippen molar-refractivity contribution in [3.05, 3.63) is 131 Å². The highest BCUT2D eigenvalue weighted by molar-refractivity contribution is 6.51. The van der Waals surface area contributed by atoms with Crippen molar-refractivity contribution in [2.75, 3.05) is 16.8 Å². The van der Waals surface area contributed by atoms with E-state index in [1.165, 1.54) is 0 Å². The number of hydrogen-bond acceptors (Lipinski definition) is 7. The van der Waals surface area contributed by atoms with Gasteiger partial charge in [-0.15, -0.1) is 0 Å². The number of aromatic nitrogens is 2. The monoisotopic (exact) mass is 586 g/mol. The fraction of sp³-hybridized carbons (Fsp3) is 0.118. The number of hydrogen-bond donors (Lipinski definition) is 1. The maximum Gasteiger partial charge on any atom is 0.338 e. The fourth-order valence-electron chi connectivity index (χ4n) is 5.58. The summed E-state index contributed by atoms with van der Waals surface area (Å²) in [5, 5.41) is 9.09.